The van der Waals surface area contributed by atoms with E-state index in [2.05, 4.69) is 69.8 Å². The number of amides is 2. The summed E-state index contributed by atoms with van der Waals surface area (Å²) in [6, 6.07) is 21.7. The minimum Gasteiger partial charge on any atom is -0.496 e. The van der Waals surface area contributed by atoms with Gasteiger partial charge in [0.1, 0.15) is 24.8 Å². The van der Waals surface area contributed by atoms with E-state index < -0.39 is 25.3 Å². The van der Waals surface area contributed by atoms with E-state index in [1.165, 1.54) is 50.6 Å². The van der Waals surface area contributed by atoms with Gasteiger partial charge in [-0.15, -0.1) is 11.3 Å². The van der Waals surface area contributed by atoms with E-state index in [1.54, 1.807) is 42.9 Å². The van der Waals surface area contributed by atoms with Crippen molar-refractivity contribution in [2.24, 2.45) is 5.41 Å². The topological polar surface area (TPSA) is 162 Å². The summed E-state index contributed by atoms with van der Waals surface area (Å²) in [7, 11) is -0.752. The van der Waals surface area contributed by atoms with Crippen LogP contribution >= 0.6 is 30.1 Å². The van der Waals surface area contributed by atoms with E-state index in [0.29, 0.717) is 36.3 Å². The zero-order valence-corrected chi connectivity index (χ0v) is 48.0. The first-order valence-corrected chi connectivity index (χ1v) is 31.1. The molecular formula is C59H82ClN8O5PS. The van der Waals surface area contributed by atoms with Crippen LogP contribution in [0.15, 0.2) is 78.4 Å². The van der Waals surface area contributed by atoms with Crippen molar-refractivity contribution in [2.45, 2.75) is 148 Å². The number of hydrogen-bond acceptors (Lipinski definition) is 12. The molecule has 75 heavy (non-hydrogen) atoms. The summed E-state index contributed by atoms with van der Waals surface area (Å²) in [4.78, 5) is 46.5. The van der Waals surface area contributed by atoms with Crippen LogP contribution in [0.25, 0.3) is 10.4 Å². The Morgan fingerprint density at radius 3 is 2.23 bits per heavy atom. The predicted molar refractivity (Wildman–Crippen MR) is 307 cm³/mol. The molecule has 7 rings (SSSR count). The minimum absolute atomic E-state index is 0.120. The predicted octanol–water partition coefficient (Wildman–Crippen LogP) is 10.4. The number of likely N-dealkylation sites (tertiary alicyclic amines) is 1. The van der Waals surface area contributed by atoms with Crippen LogP contribution in [0.1, 0.15) is 132 Å². The SMILES string of the molecule is COc1cc(N2CCC(NCCCCCCCCCCCN[C@H](C(=O)N3C[C@H](O)C[C@H]3C(=O)NCc3ccc(-c4scnc4C)cc3)C(C)(C)C)CC2)ccc1Cc1ncc(Cl)c(Cc2ccccc2P(C)(C)=O)n1. The number of nitrogens with one attached hydrogen (secondary N) is 3. The van der Waals surface area contributed by atoms with Crippen LogP contribution in [-0.2, 0) is 33.5 Å². The normalized spacial score (nSPS) is 16.9. The minimum atomic E-state index is -2.47. The molecule has 4 heterocycles. The molecule has 0 aliphatic carbocycles. The van der Waals surface area contributed by atoms with Gasteiger partial charge in [0.25, 0.3) is 0 Å². The highest BCUT2D eigenvalue weighted by molar-refractivity contribution is 7.70. The van der Waals surface area contributed by atoms with Crippen molar-refractivity contribution in [3.05, 3.63) is 117 Å². The lowest BCUT2D eigenvalue weighted by molar-refractivity contribution is -0.142. The molecule has 5 aromatic rings. The summed E-state index contributed by atoms with van der Waals surface area (Å²) in [6.07, 6.45) is 15.1. The Labute approximate surface area is 455 Å². The number of nitrogens with zero attached hydrogens (tertiary/aromatic N) is 5. The van der Waals surface area contributed by atoms with Crippen LogP contribution < -0.4 is 30.9 Å². The van der Waals surface area contributed by atoms with Crippen molar-refractivity contribution < 1.29 is 24.0 Å². The van der Waals surface area contributed by atoms with Gasteiger partial charge in [-0.2, -0.15) is 0 Å². The van der Waals surface area contributed by atoms with Gasteiger partial charge in [0.05, 0.1) is 46.1 Å². The molecule has 2 fully saturated rings. The molecule has 2 amide bonds. The highest BCUT2D eigenvalue weighted by Gasteiger charge is 2.43. The van der Waals surface area contributed by atoms with Gasteiger partial charge in [-0.25, -0.2) is 15.0 Å². The molecule has 0 saturated carbocycles. The number of rotatable bonds is 26. The number of methoxy groups -OCH3 is 1. The van der Waals surface area contributed by atoms with Gasteiger partial charge in [-0.3, -0.25) is 9.59 Å². The molecule has 3 aromatic carbocycles. The van der Waals surface area contributed by atoms with Crippen LogP contribution in [0.2, 0.25) is 5.02 Å². The molecule has 2 aliphatic rings. The van der Waals surface area contributed by atoms with E-state index in [1.807, 2.05) is 61.0 Å². The molecule has 2 saturated heterocycles. The third-order valence-electron chi connectivity index (χ3n) is 14.8. The highest BCUT2D eigenvalue weighted by Crippen LogP contribution is 2.37. The van der Waals surface area contributed by atoms with Gasteiger partial charge in [-0.05, 0) is 87.2 Å². The first kappa shape index (κ1) is 58.0. The number of aryl methyl sites for hydroxylation is 1. The monoisotopic (exact) mass is 1080 g/mol. The number of β-amino-alcohol motifs (C(OH)–C–C–N with tert-alkyl or cyclic N) is 1. The summed E-state index contributed by atoms with van der Waals surface area (Å²) in [5, 5.41) is 22.4. The molecule has 3 atom stereocenters. The number of aliphatic hydroxyl groups excluding tert-OH is 1. The number of hydrogen-bond donors (Lipinski definition) is 4. The molecule has 0 bridgehead atoms. The molecule has 2 aliphatic heterocycles. The number of aliphatic hydroxyl groups is 1. The number of ether oxygens (including phenoxy) is 1. The molecule has 4 N–H and O–H groups in total. The Bertz CT molecular complexity index is 2680. The standard InChI is InChI=1S/C59H82ClN8O5PS/c1-41-55(75-40-65-41)43-23-21-42(22-24-43)37-64-57(70)51-36-48(69)39-68(51)58(71)56(59(2,3)4)62-30-18-14-12-10-8-9-11-13-17-29-61-46-27-31-67(32-28-46)47-26-25-44(52(35-47)73-5)34-54-63-38-49(60)50(66-54)33-45-19-15-16-20-53(45)74(6,7)72/h15-16,19-26,35,38,40,46,48,51,56,61-62,69H,8-14,17-18,27-34,36-37,39H2,1-7H3,(H,64,70)/t48-,51+,56-/m1/s1. The molecule has 406 valence electrons. The highest BCUT2D eigenvalue weighted by atomic mass is 35.5. The van der Waals surface area contributed by atoms with Crippen LogP contribution in [-0.4, -0.2) is 114 Å². The van der Waals surface area contributed by atoms with Crippen molar-refractivity contribution in [1.82, 2.24) is 35.8 Å². The van der Waals surface area contributed by atoms with Crippen LogP contribution in [0.4, 0.5) is 5.69 Å². The van der Waals surface area contributed by atoms with Crippen molar-refractivity contribution in [3.8, 4) is 16.2 Å². The van der Waals surface area contributed by atoms with Crippen molar-refractivity contribution >= 4 is 52.9 Å². The molecule has 16 heteroatoms. The molecule has 13 nitrogen and oxygen atoms in total. The van der Waals surface area contributed by atoms with Gasteiger partial charge in [-0.1, -0.05) is 132 Å². The number of anilines is 1. The maximum atomic E-state index is 14.1. The van der Waals surface area contributed by atoms with Gasteiger partial charge in [0.15, 0.2) is 0 Å². The lowest BCUT2D eigenvalue weighted by Gasteiger charge is -2.35. The second-order valence-electron chi connectivity index (χ2n) is 22.1. The fourth-order valence-corrected chi connectivity index (χ4v) is 12.8. The van der Waals surface area contributed by atoms with Crippen LogP contribution in [0.3, 0.4) is 0 Å². The summed E-state index contributed by atoms with van der Waals surface area (Å²) in [5.41, 5.74) is 8.43. The molecule has 0 spiro atoms. The average Bonchev–Trinajstić information content (AvgIpc) is 4.01. The van der Waals surface area contributed by atoms with Crippen LogP contribution in [0, 0.1) is 12.3 Å². The number of aromatic nitrogens is 3. The van der Waals surface area contributed by atoms with Crippen molar-refractivity contribution in [2.75, 3.05) is 58.1 Å². The number of benzene rings is 3. The van der Waals surface area contributed by atoms with E-state index in [4.69, 9.17) is 21.3 Å². The summed E-state index contributed by atoms with van der Waals surface area (Å²) in [5.74, 6) is 1.13. The van der Waals surface area contributed by atoms with Gasteiger partial charge in [0.2, 0.25) is 11.8 Å². The second-order valence-corrected chi connectivity index (χ2v) is 26.6. The first-order chi connectivity index (χ1) is 36.0. The summed E-state index contributed by atoms with van der Waals surface area (Å²) >= 11 is 8.19. The Morgan fingerprint density at radius 2 is 1.57 bits per heavy atom. The van der Waals surface area contributed by atoms with E-state index in [-0.39, 0.29) is 30.2 Å². The number of unbranched alkanes of at least 4 members (excludes halogenated alkanes) is 8. The molecule has 0 radical (unpaired) electrons. The fraction of sp³-hybridized carbons (Fsp3) is 0.542. The third kappa shape index (κ3) is 16.7. The van der Waals surface area contributed by atoms with Crippen molar-refractivity contribution in [1.29, 1.82) is 0 Å². The summed E-state index contributed by atoms with van der Waals surface area (Å²) < 4.78 is 18.9. The van der Waals surface area contributed by atoms with E-state index in [0.717, 1.165) is 101 Å². The second kappa shape index (κ2) is 27.6. The first-order valence-electron chi connectivity index (χ1n) is 27.3. The Hall–Kier alpha value is -4.69. The lowest BCUT2D eigenvalue weighted by Crippen LogP contribution is -2.56. The fourth-order valence-electron chi connectivity index (χ4n) is 10.5. The van der Waals surface area contributed by atoms with E-state index in [9.17, 15) is 19.3 Å². The number of halogens is 1. The number of thiazole rings is 1. The largest absolute Gasteiger partial charge is 0.496 e. The van der Waals surface area contributed by atoms with Gasteiger partial charge in [0, 0.05) is 80.3 Å². The number of carbonyl (C=O) groups is 2. The third-order valence-corrected chi connectivity index (χ3v) is 17.7. The number of piperidine rings is 1. The molecule has 0 unspecified atom stereocenters. The maximum absolute atomic E-state index is 14.1. The molecule has 2 aromatic heterocycles. The van der Waals surface area contributed by atoms with Crippen LogP contribution in [0.5, 0.6) is 5.75 Å². The zero-order chi connectivity index (χ0) is 53.5. The number of carbonyl (C=O) groups excluding carboxylic acids is 2. The van der Waals surface area contributed by atoms with Gasteiger partial charge >= 0.3 is 0 Å². The Morgan fingerprint density at radius 1 is 0.893 bits per heavy atom. The lowest BCUT2D eigenvalue weighted by atomic mass is 9.85. The van der Waals surface area contributed by atoms with E-state index >= 15 is 0 Å². The summed E-state index contributed by atoms with van der Waals surface area (Å²) in [6.45, 7) is 16.1. The molecular weight excluding hydrogens is 999 g/mol. The van der Waals surface area contributed by atoms with Gasteiger partial charge < -0.3 is 40.2 Å². The smallest absolute Gasteiger partial charge is 0.243 e. The van der Waals surface area contributed by atoms with Crippen molar-refractivity contribution in [3.63, 3.8) is 0 Å². The average molecular weight is 1080 g/mol. The zero-order valence-electron chi connectivity index (χ0n) is 45.5. The quantitative estimate of drug-likeness (QED) is 0.0308. The Balaban J connectivity index is 0.735. The Kier molecular flexibility index (Phi) is 21.3. The maximum Gasteiger partial charge on any atom is 0.243 e.